The number of pyridine rings is 1. The van der Waals surface area contributed by atoms with Crippen LogP contribution in [-0.4, -0.2) is 30.0 Å². The van der Waals surface area contributed by atoms with E-state index in [1.807, 2.05) is 0 Å². The number of allylic oxidation sites excluding steroid dienone is 3. The van der Waals surface area contributed by atoms with E-state index >= 15 is 0 Å². The van der Waals surface area contributed by atoms with Crippen molar-refractivity contribution in [2.75, 3.05) is 7.11 Å². The van der Waals surface area contributed by atoms with E-state index in [9.17, 15) is 9.59 Å². The molecule has 1 heterocycles. The van der Waals surface area contributed by atoms with E-state index in [2.05, 4.69) is 23.5 Å². The largest absolute Gasteiger partial charge is 0.467 e. The van der Waals surface area contributed by atoms with E-state index in [-0.39, 0.29) is 12.1 Å². The molecule has 0 unspecified atom stereocenters. The summed E-state index contributed by atoms with van der Waals surface area (Å²) < 4.78 is 4.71. The predicted molar refractivity (Wildman–Crippen MR) is 80.6 cm³/mol. The molecule has 1 N–H and O–H groups in total. The molecule has 0 saturated carbocycles. The Morgan fingerprint density at radius 2 is 2.19 bits per heavy atom. The van der Waals surface area contributed by atoms with Crippen molar-refractivity contribution in [3.05, 3.63) is 67.0 Å². The summed E-state index contributed by atoms with van der Waals surface area (Å²) in [6.07, 6.45) is 6.68. The molecule has 1 amide bonds. The molecule has 0 saturated heterocycles. The molecule has 0 radical (unpaired) electrons. The summed E-state index contributed by atoms with van der Waals surface area (Å²) in [7, 11) is 1.27. The Morgan fingerprint density at radius 1 is 1.43 bits per heavy atom. The molecular formula is C16H18N2O3. The number of rotatable bonds is 7. The Hall–Kier alpha value is -2.69. The molecule has 1 atom stereocenters. The highest BCUT2D eigenvalue weighted by Crippen LogP contribution is 2.09. The van der Waals surface area contributed by atoms with Crippen LogP contribution in [0.2, 0.25) is 0 Å². The molecule has 0 spiro atoms. The monoisotopic (exact) mass is 286 g/mol. The number of aromatic nitrogens is 1. The van der Waals surface area contributed by atoms with Gasteiger partial charge in [0.1, 0.15) is 11.7 Å². The first-order chi connectivity index (χ1) is 10.1. The van der Waals surface area contributed by atoms with Crippen molar-refractivity contribution in [1.82, 2.24) is 10.3 Å². The van der Waals surface area contributed by atoms with Gasteiger partial charge in [0.15, 0.2) is 0 Å². The third-order valence-electron chi connectivity index (χ3n) is 2.72. The zero-order chi connectivity index (χ0) is 15.7. The minimum Gasteiger partial charge on any atom is -0.467 e. The standard InChI is InChI=1S/C16H18N2O3/c1-4-8-12(5-2)11-14(16(20)21-3)18-15(19)13-9-6-7-10-17-13/h4-10,14H,1-2,11H2,3H3,(H,18,19)/b12-8+/t14-/m0/s1. The molecule has 0 bridgehead atoms. The van der Waals surface area contributed by atoms with Gasteiger partial charge in [-0.15, -0.1) is 0 Å². The number of esters is 1. The lowest BCUT2D eigenvalue weighted by Gasteiger charge is -2.16. The van der Waals surface area contributed by atoms with Gasteiger partial charge in [-0.05, 0) is 17.7 Å². The van der Waals surface area contributed by atoms with E-state index in [0.29, 0.717) is 0 Å². The van der Waals surface area contributed by atoms with Gasteiger partial charge in [-0.3, -0.25) is 9.78 Å². The molecule has 21 heavy (non-hydrogen) atoms. The molecular weight excluding hydrogens is 268 g/mol. The van der Waals surface area contributed by atoms with Crippen molar-refractivity contribution >= 4 is 11.9 Å². The summed E-state index contributed by atoms with van der Waals surface area (Å²) in [6, 6.07) is 4.16. The van der Waals surface area contributed by atoms with Crippen molar-refractivity contribution in [2.24, 2.45) is 0 Å². The van der Waals surface area contributed by atoms with E-state index in [1.165, 1.54) is 13.3 Å². The van der Waals surface area contributed by atoms with E-state index in [1.54, 1.807) is 36.4 Å². The highest BCUT2D eigenvalue weighted by Gasteiger charge is 2.23. The highest BCUT2D eigenvalue weighted by atomic mass is 16.5. The quantitative estimate of drug-likeness (QED) is 0.615. The van der Waals surface area contributed by atoms with Gasteiger partial charge in [0.25, 0.3) is 5.91 Å². The molecule has 0 fully saturated rings. The minimum absolute atomic E-state index is 0.235. The third-order valence-corrected chi connectivity index (χ3v) is 2.72. The smallest absolute Gasteiger partial charge is 0.328 e. The Kier molecular flexibility index (Phi) is 6.60. The maximum atomic E-state index is 12.1. The van der Waals surface area contributed by atoms with Crippen LogP contribution in [0.3, 0.4) is 0 Å². The second-order valence-electron chi connectivity index (χ2n) is 4.15. The first-order valence-corrected chi connectivity index (χ1v) is 6.36. The summed E-state index contributed by atoms with van der Waals surface area (Å²) >= 11 is 0. The summed E-state index contributed by atoms with van der Waals surface area (Å²) in [5.41, 5.74) is 1.00. The number of amides is 1. The number of nitrogens with one attached hydrogen (secondary N) is 1. The molecule has 110 valence electrons. The molecule has 0 aliphatic heterocycles. The normalized spacial score (nSPS) is 12.1. The van der Waals surface area contributed by atoms with Gasteiger partial charge in [-0.1, -0.05) is 37.5 Å². The Balaban J connectivity index is 2.86. The first kappa shape index (κ1) is 16.4. The topological polar surface area (TPSA) is 68.3 Å². The van der Waals surface area contributed by atoms with Crippen molar-refractivity contribution in [3.63, 3.8) is 0 Å². The maximum absolute atomic E-state index is 12.1. The average molecular weight is 286 g/mol. The second kappa shape index (κ2) is 8.47. The summed E-state index contributed by atoms with van der Waals surface area (Å²) in [6.45, 7) is 7.25. The molecule has 0 aliphatic rings. The van der Waals surface area contributed by atoms with Crippen molar-refractivity contribution in [3.8, 4) is 0 Å². The van der Waals surface area contributed by atoms with Crippen LogP contribution < -0.4 is 5.32 Å². The van der Waals surface area contributed by atoms with Crippen molar-refractivity contribution < 1.29 is 14.3 Å². The van der Waals surface area contributed by atoms with Gasteiger partial charge >= 0.3 is 5.97 Å². The number of carbonyl (C=O) groups is 2. The van der Waals surface area contributed by atoms with Crippen LogP contribution in [-0.2, 0) is 9.53 Å². The number of ether oxygens (including phenoxy) is 1. The highest BCUT2D eigenvalue weighted by molar-refractivity contribution is 5.95. The van der Waals surface area contributed by atoms with Crippen LogP contribution >= 0.6 is 0 Å². The summed E-state index contributed by atoms with van der Waals surface area (Å²) in [4.78, 5) is 27.8. The van der Waals surface area contributed by atoms with Crippen LogP contribution in [0.4, 0.5) is 0 Å². The molecule has 5 nitrogen and oxygen atoms in total. The zero-order valence-electron chi connectivity index (χ0n) is 11.9. The fourth-order valence-corrected chi connectivity index (χ4v) is 1.67. The molecule has 0 aliphatic carbocycles. The van der Waals surface area contributed by atoms with Crippen LogP contribution in [0.25, 0.3) is 0 Å². The zero-order valence-corrected chi connectivity index (χ0v) is 11.9. The first-order valence-electron chi connectivity index (χ1n) is 6.36. The maximum Gasteiger partial charge on any atom is 0.328 e. The number of nitrogens with zero attached hydrogens (tertiary/aromatic N) is 1. The summed E-state index contributed by atoms with van der Waals surface area (Å²) in [5, 5.41) is 2.61. The fraction of sp³-hybridized carbons (Fsp3) is 0.188. The number of hydrogen-bond donors (Lipinski definition) is 1. The second-order valence-corrected chi connectivity index (χ2v) is 4.15. The number of methoxy groups -OCH3 is 1. The van der Waals surface area contributed by atoms with E-state index < -0.39 is 17.9 Å². The van der Waals surface area contributed by atoms with Gasteiger partial charge in [0.05, 0.1) is 7.11 Å². The molecule has 0 aromatic carbocycles. The Bertz CT molecular complexity index is 550. The predicted octanol–water partition coefficient (Wildman–Crippen LogP) is 2.04. The molecule has 1 rings (SSSR count). The number of hydrogen-bond acceptors (Lipinski definition) is 4. The van der Waals surface area contributed by atoms with Crippen LogP contribution in [0.1, 0.15) is 16.9 Å². The summed E-state index contributed by atoms with van der Waals surface area (Å²) in [5.74, 6) is -0.968. The number of carbonyl (C=O) groups excluding carboxylic acids is 2. The van der Waals surface area contributed by atoms with Crippen LogP contribution in [0, 0.1) is 0 Å². The molecule has 1 aromatic heterocycles. The van der Waals surface area contributed by atoms with Gasteiger partial charge in [-0.2, -0.15) is 0 Å². The molecule has 5 heteroatoms. The average Bonchev–Trinajstić information content (AvgIpc) is 2.53. The Morgan fingerprint density at radius 3 is 2.71 bits per heavy atom. The van der Waals surface area contributed by atoms with Gasteiger partial charge in [0, 0.05) is 12.6 Å². The van der Waals surface area contributed by atoms with Gasteiger partial charge < -0.3 is 10.1 Å². The van der Waals surface area contributed by atoms with E-state index in [0.717, 1.165) is 5.57 Å². The van der Waals surface area contributed by atoms with Gasteiger partial charge in [-0.25, -0.2) is 4.79 Å². The van der Waals surface area contributed by atoms with Crippen LogP contribution in [0.15, 0.2) is 61.4 Å². The van der Waals surface area contributed by atoms with Crippen molar-refractivity contribution in [1.29, 1.82) is 0 Å². The minimum atomic E-state index is -0.811. The van der Waals surface area contributed by atoms with Gasteiger partial charge in [0.2, 0.25) is 0 Å². The SMILES string of the molecule is C=C/C=C(\C=C)C[C@H](NC(=O)c1ccccn1)C(=O)OC. The lowest BCUT2D eigenvalue weighted by Crippen LogP contribution is -2.42. The van der Waals surface area contributed by atoms with Crippen molar-refractivity contribution in [2.45, 2.75) is 12.5 Å². The fourth-order valence-electron chi connectivity index (χ4n) is 1.67. The lowest BCUT2D eigenvalue weighted by atomic mass is 10.1. The molecule has 1 aromatic rings. The van der Waals surface area contributed by atoms with E-state index in [4.69, 9.17) is 4.74 Å². The third kappa shape index (κ3) is 5.06. The Labute approximate surface area is 124 Å². The van der Waals surface area contributed by atoms with Crippen LogP contribution in [0.5, 0.6) is 0 Å². The lowest BCUT2D eigenvalue weighted by molar-refractivity contribution is -0.142.